The Morgan fingerprint density at radius 3 is 2.11 bits per heavy atom. The van der Waals surface area contributed by atoms with Crippen molar-refractivity contribution in [1.29, 1.82) is 0 Å². The average molecular weight is 263 g/mol. The maximum absolute atomic E-state index is 11.8. The number of rotatable bonds is 0. The number of pyridine rings is 1. The minimum atomic E-state index is 0.127. The van der Waals surface area contributed by atoms with Crippen molar-refractivity contribution in [2.24, 2.45) is 0 Å². The molecule has 1 aliphatic carbocycles. The molecule has 0 spiro atoms. The number of fused-ring (bicyclic) bond motifs is 1. The Morgan fingerprint density at radius 1 is 1.00 bits per heavy atom. The van der Waals surface area contributed by atoms with Gasteiger partial charge in [-0.25, -0.2) is 0 Å². The molecule has 1 saturated carbocycles. The number of aromatic amines is 1. The fraction of sp³-hybridized carbons (Fsp3) is 0.438. The summed E-state index contributed by atoms with van der Waals surface area (Å²) in [5, 5.41) is 0.785. The summed E-state index contributed by atoms with van der Waals surface area (Å²) in [6.07, 6.45) is 6.27. The summed E-state index contributed by atoms with van der Waals surface area (Å²) in [5.41, 5.74) is 4.21. The number of benzene rings is 1. The highest BCUT2D eigenvalue weighted by Crippen LogP contribution is 2.16. The van der Waals surface area contributed by atoms with Gasteiger partial charge in [-0.15, -0.1) is 0 Å². The second-order valence-corrected chi connectivity index (χ2v) is 4.79. The number of hydrogen-bond acceptors (Lipinski definition) is 1. The third kappa shape index (κ3) is 3.91. The molecule has 19 heavy (non-hydrogen) atoms. The number of aromatic nitrogens is 1. The average Bonchev–Trinajstić information content (AvgIpc) is 3.29. The van der Waals surface area contributed by atoms with Crippen LogP contribution in [0.1, 0.15) is 36.0 Å². The standard InChI is InChI=1S/C12H13NO.C3H6.CH3F/c1-7-4-5-10-11(9(7)3)13-6-8(2)12(10)14;1-2-3-1;1-2/h4-6H,1-3H3,(H,13,14);1-3H2;1H3. The van der Waals surface area contributed by atoms with E-state index in [1.54, 1.807) is 6.20 Å². The SMILES string of the molecule is C1CC1.CF.Cc1ccc2c(=O)c(C)c[nH]c2c1C. The predicted molar refractivity (Wildman–Crippen MR) is 79.7 cm³/mol. The normalized spacial score (nSPS) is 12.1. The molecule has 1 N–H and O–H groups in total. The van der Waals surface area contributed by atoms with Crippen molar-refractivity contribution in [2.75, 3.05) is 7.18 Å². The minimum Gasteiger partial charge on any atom is -0.360 e. The number of hydrogen-bond donors (Lipinski definition) is 1. The Hall–Kier alpha value is -1.64. The lowest BCUT2D eigenvalue weighted by molar-refractivity contribution is 0.636. The molecular weight excluding hydrogens is 241 g/mol. The van der Waals surface area contributed by atoms with Crippen LogP contribution >= 0.6 is 0 Å². The summed E-state index contributed by atoms with van der Waals surface area (Å²) < 4.78 is 9.50. The second kappa shape index (κ2) is 7.07. The van der Waals surface area contributed by atoms with Gasteiger partial charge in [0.2, 0.25) is 0 Å². The first-order chi connectivity index (χ1) is 9.11. The topological polar surface area (TPSA) is 32.9 Å². The van der Waals surface area contributed by atoms with Gasteiger partial charge in [-0.1, -0.05) is 25.3 Å². The molecule has 0 atom stereocenters. The molecule has 2 aromatic rings. The molecule has 1 aliphatic rings. The van der Waals surface area contributed by atoms with Crippen LogP contribution in [0.25, 0.3) is 10.9 Å². The lowest BCUT2D eigenvalue weighted by Gasteiger charge is -2.05. The van der Waals surface area contributed by atoms with Gasteiger partial charge in [-0.3, -0.25) is 9.18 Å². The molecule has 0 aliphatic heterocycles. The van der Waals surface area contributed by atoms with E-state index in [4.69, 9.17) is 0 Å². The van der Waals surface area contributed by atoms with E-state index in [-0.39, 0.29) is 5.43 Å². The van der Waals surface area contributed by atoms with Crippen LogP contribution in [0.15, 0.2) is 23.1 Å². The first kappa shape index (κ1) is 15.4. The highest BCUT2D eigenvalue weighted by molar-refractivity contribution is 5.82. The van der Waals surface area contributed by atoms with Crippen LogP contribution in [0.4, 0.5) is 4.39 Å². The van der Waals surface area contributed by atoms with E-state index >= 15 is 0 Å². The first-order valence-electron chi connectivity index (χ1n) is 6.57. The van der Waals surface area contributed by atoms with E-state index in [1.807, 2.05) is 32.9 Å². The number of alkyl halides is 1. The fourth-order valence-electron chi connectivity index (χ4n) is 1.65. The van der Waals surface area contributed by atoms with Crippen molar-refractivity contribution in [2.45, 2.75) is 40.0 Å². The highest BCUT2D eigenvalue weighted by Gasteiger charge is 2.04. The van der Waals surface area contributed by atoms with Crippen LogP contribution in [0.2, 0.25) is 0 Å². The monoisotopic (exact) mass is 263 g/mol. The van der Waals surface area contributed by atoms with Gasteiger partial charge >= 0.3 is 0 Å². The molecule has 1 fully saturated rings. The van der Waals surface area contributed by atoms with Gasteiger partial charge in [0.05, 0.1) is 12.7 Å². The van der Waals surface area contributed by atoms with Crippen LogP contribution in [-0.4, -0.2) is 12.2 Å². The zero-order valence-electron chi connectivity index (χ0n) is 12.1. The number of aryl methyl sites for hydroxylation is 3. The van der Waals surface area contributed by atoms with Gasteiger partial charge in [-0.05, 0) is 38.0 Å². The summed E-state index contributed by atoms with van der Waals surface area (Å²) in [5.74, 6) is 0. The molecule has 0 bridgehead atoms. The van der Waals surface area contributed by atoms with Gasteiger partial charge in [0.15, 0.2) is 5.43 Å². The summed E-state index contributed by atoms with van der Waals surface area (Å²) in [6.45, 7) is 5.91. The van der Waals surface area contributed by atoms with Gasteiger partial charge in [-0.2, -0.15) is 0 Å². The minimum absolute atomic E-state index is 0.127. The van der Waals surface area contributed by atoms with E-state index < -0.39 is 0 Å². The largest absolute Gasteiger partial charge is 0.360 e. The van der Waals surface area contributed by atoms with E-state index in [9.17, 15) is 9.18 Å². The van der Waals surface area contributed by atoms with Crippen LogP contribution in [0.3, 0.4) is 0 Å². The van der Waals surface area contributed by atoms with Crippen molar-refractivity contribution in [3.8, 4) is 0 Å². The summed E-state index contributed by atoms with van der Waals surface area (Å²) in [6, 6.07) is 3.88. The maximum Gasteiger partial charge on any atom is 0.192 e. The lowest BCUT2D eigenvalue weighted by atomic mass is 10.0. The maximum atomic E-state index is 11.8. The highest BCUT2D eigenvalue weighted by atomic mass is 19.1. The Bertz CT molecular complexity index is 597. The Morgan fingerprint density at radius 2 is 1.58 bits per heavy atom. The van der Waals surface area contributed by atoms with Gasteiger partial charge in [0, 0.05) is 17.1 Å². The lowest BCUT2D eigenvalue weighted by Crippen LogP contribution is -2.07. The van der Waals surface area contributed by atoms with Gasteiger partial charge in [0.1, 0.15) is 0 Å². The fourth-order valence-corrected chi connectivity index (χ4v) is 1.65. The summed E-state index contributed by atoms with van der Waals surface area (Å²) in [4.78, 5) is 14.9. The smallest absolute Gasteiger partial charge is 0.192 e. The molecule has 104 valence electrons. The predicted octanol–water partition coefficient (Wildman–Crippen LogP) is 4.21. The first-order valence-corrected chi connectivity index (χ1v) is 6.57. The van der Waals surface area contributed by atoms with Crippen molar-refractivity contribution in [1.82, 2.24) is 4.98 Å². The van der Waals surface area contributed by atoms with Crippen LogP contribution in [0.5, 0.6) is 0 Å². The molecule has 1 aromatic heterocycles. The Kier molecular flexibility index (Phi) is 5.74. The third-order valence-electron chi connectivity index (χ3n) is 3.13. The molecule has 3 rings (SSSR count). The van der Waals surface area contributed by atoms with Crippen LogP contribution in [0, 0.1) is 20.8 Å². The van der Waals surface area contributed by atoms with Crippen molar-refractivity contribution in [3.05, 3.63) is 45.2 Å². The summed E-state index contributed by atoms with van der Waals surface area (Å²) in [7, 11) is 0.500. The van der Waals surface area contributed by atoms with E-state index in [0.717, 1.165) is 22.0 Å². The summed E-state index contributed by atoms with van der Waals surface area (Å²) >= 11 is 0. The molecule has 2 nitrogen and oxygen atoms in total. The second-order valence-electron chi connectivity index (χ2n) is 4.79. The number of nitrogens with one attached hydrogen (secondary N) is 1. The Balaban J connectivity index is 0.000000308. The van der Waals surface area contributed by atoms with E-state index in [2.05, 4.69) is 4.98 Å². The molecule has 3 heteroatoms. The van der Waals surface area contributed by atoms with Crippen LogP contribution < -0.4 is 5.43 Å². The molecule has 0 radical (unpaired) electrons. The molecule has 0 amide bonds. The Labute approximate surface area is 113 Å². The zero-order valence-corrected chi connectivity index (χ0v) is 12.1. The van der Waals surface area contributed by atoms with E-state index in [1.165, 1.54) is 24.8 Å². The molecule has 1 heterocycles. The van der Waals surface area contributed by atoms with Crippen molar-refractivity contribution < 1.29 is 4.39 Å². The zero-order chi connectivity index (χ0) is 14.4. The molecule has 0 unspecified atom stereocenters. The molecule has 1 aromatic carbocycles. The molecular formula is C16H22FNO. The van der Waals surface area contributed by atoms with Crippen LogP contribution in [-0.2, 0) is 0 Å². The number of H-pyrrole nitrogens is 1. The third-order valence-corrected chi connectivity index (χ3v) is 3.13. The van der Waals surface area contributed by atoms with Gasteiger partial charge < -0.3 is 4.98 Å². The molecule has 0 saturated heterocycles. The van der Waals surface area contributed by atoms with Gasteiger partial charge in [0.25, 0.3) is 0 Å². The van der Waals surface area contributed by atoms with Crippen molar-refractivity contribution in [3.63, 3.8) is 0 Å². The van der Waals surface area contributed by atoms with Crippen molar-refractivity contribution >= 4 is 10.9 Å². The number of halogens is 1. The van der Waals surface area contributed by atoms with E-state index in [0.29, 0.717) is 7.18 Å². The quantitative estimate of drug-likeness (QED) is 0.758.